The summed E-state index contributed by atoms with van der Waals surface area (Å²) in [7, 11) is 0. The molecule has 1 aromatic rings. The molecular weight excluding hydrogens is 210 g/mol. The molecule has 1 aromatic carbocycles. The summed E-state index contributed by atoms with van der Waals surface area (Å²) in [6, 6.07) is 7.79. The maximum absolute atomic E-state index is 11.7. The van der Waals surface area contributed by atoms with Crippen LogP contribution in [-0.2, 0) is 5.41 Å². The third-order valence-corrected chi connectivity index (χ3v) is 2.65. The first kappa shape index (κ1) is 13.5. The molecule has 0 atom stereocenters. The first-order valence-electron chi connectivity index (χ1n) is 5.95. The molecule has 2 nitrogen and oxygen atoms in total. The molecule has 0 heterocycles. The summed E-state index contributed by atoms with van der Waals surface area (Å²) in [6.45, 7) is 10.7. The number of nitrogens with one attached hydrogen (secondary N) is 1. The van der Waals surface area contributed by atoms with Gasteiger partial charge >= 0.3 is 0 Å². The smallest absolute Gasteiger partial charge is 0.251 e. The molecule has 92 valence electrons. The van der Waals surface area contributed by atoms with Crippen LogP contribution in [0.2, 0.25) is 0 Å². The lowest BCUT2D eigenvalue weighted by atomic mass is 9.87. The summed E-state index contributed by atoms with van der Waals surface area (Å²) in [5.41, 5.74) is 2.07. The standard InChI is InChI=1S/C15H21NO/c1-5-6-11-16-14(17)12-7-9-13(10-8-12)15(2,3)4/h5,7-10H,1,6,11H2,2-4H3,(H,16,17). The Morgan fingerprint density at radius 2 is 1.88 bits per heavy atom. The Labute approximate surface area is 104 Å². The molecule has 0 bridgehead atoms. The molecular formula is C15H21NO. The van der Waals surface area contributed by atoms with Crippen molar-refractivity contribution in [2.75, 3.05) is 6.54 Å². The highest BCUT2D eigenvalue weighted by molar-refractivity contribution is 5.94. The van der Waals surface area contributed by atoms with Gasteiger partial charge in [0.05, 0.1) is 0 Å². The van der Waals surface area contributed by atoms with E-state index in [2.05, 4.69) is 32.7 Å². The summed E-state index contributed by atoms with van der Waals surface area (Å²) < 4.78 is 0. The maximum Gasteiger partial charge on any atom is 0.251 e. The second-order valence-corrected chi connectivity index (χ2v) is 5.16. The normalized spacial score (nSPS) is 11.0. The Hall–Kier alpha value is -1.57. The number of amides is 1. The number of carbonyl (C=O) groups is 1. The summed E-state index contributed by atoms with van der Waals surface area (Å²) in [5, 5.41) is 2.85. The Morgan fingerprint density at radius 3 is 2.35 bits per heavy atom. The van der Waals surface area contributed by atoms with Crippen molar-refractivity contribution in [3.8, 4) is 0 Å². The summed E-state index contributed by atoms with van der Waals surface area (Å²) in [6.07, 6.45) is 2.59. The molecule has 0 saturated heterocycles. The van der Waals surface area contributed by atoms with Gasteiger partial charge in [-0.2, -0.15) is 0 Å². The van der Waals surface area contributed by atoms with Crippen molar-refractivity contribution in [2.45, 2.75) is 32.6 Å². The van der Waals surface area contributed by atoms with Gasteiger partial charge in [0.1, 0.15) is 0 Å². The van der Waals surface area contributed by atoms with Gasteiger partial charge in [0, 0.05) is 12.1 Å². The van der Waals surface area contributed by atoms with E-state index >= 15 is 0 Å². The van der Waals surface area contributed by atoms with Crippen LogP contribution in [0.3, 0.4) is 0 Å². The van der Waals surface area contributed by atoms with Gasteiger partial charge in [0.25, 0.3) is 5.91 Å². The minimum absolute atomic E-state index is 0.0210. The molecule has 0 radical (unpaired) electrons. The van der Waals surface area contributed by atoms with E-state index in [-0.39, 0.29) is 11.3 Å². The van der Waals surface area contributed by atoms with Gasteiger partial charge in [-0.05, 0) is 29.5 Å². The van der Waals surface area contributed by atoms with Crippen LogP contribution in [0.15, 0.2) is 36.9 Å². The highest BCUT2D eigenvalue weighted by Crippen LogP contribution is 2.22. The van der Waals surface area contributed by atoms with Gasteiger partial charge in [0.2, 0.25) is 0 Å². The largest absolute Gasteiger partial charge is 0.352 e. The van der Waals surface area contributed by atoms with Crippen molar-refractivity contribution in [2.24, 2.45) is 0 Å². The molecule has 1 amide bonds. The minimum atomic E-state index is -0.0210. The van der Waals surface area contributed by atoms with Crippen LogP contribution in [0.25, 0.3) is 0 Å². The lowest BCUT2D eigenvalue weighted by molar-refractivity contribution is 0.0954. The number of benzene rings is 1. The van der Waals surface area contributed by atoms with Gasteiger partial charge in [-0.15, -0.1) is 6.58 Å². The molecule has 1 N–H and O–H groups in total. The highest BCUT2D eigenvalue weighted by Gasteiger charge is 2.13. The van der Waals surface area contributed by atoms with Crippen molar-refractivity contribution < 1.29 is 4.79 Å². The summed E-state index contributed by atoms with van der Waals surface area (Å²) in [4.78, 5) is 11.7. The van der Waals surface area contributed by atoms with E-state index in [1.54, 1.807) is 6.08 Å². The Morgan fingerprint density at radius 1 is 1.29 bits per heavy atom. The van der Waals surface area contributed by atoms with Gasteiger partial charge in [0.15, 0.2) is 0 Å². The van der Waals surface area contributed by atoms with Crippen molar-refractivity contribution in [1.29, 1.82) is 0 Å². The fraction of sp³-hybridized carbons (Fsp3) is 0.400. The Kier molecular flexibility index (Phi) is 4.50. The monoisotopic (exact) mass is 231 g/mol. The van der Waals surface area contributed by atoms with E-state index in [0.717, 1.165) is 6.42 Å². The zero-order valence-electron chi connectivity index (χ0n) is 10.9. The molecule has 0 aliphatic heterocycles. The highest BCUT2D eigenvalue weighted by atomic mass is 16.1. The van der Waals surface area contributed by atoms with Crippen molar-refractivity contribution in [3.63, 3.8) is 0 Å². The van der Waals surface area contributed by atoms with E-state index in [4.69, 9.17) is 0 Å². The summed E-state index contributed by atoms with van der Waals surface area (Å²) >= 11 is 0. The predicted octanol–water partition coefficient (Wildman–Crippen LogP) is 3.29. The van der Waals surface area contributed by atoms with Gasteiger partial charge in [-0.25, -0.2) is 0 Å². The first-order valence-corrected chi connectivity index (χ1v) is 5.95. The topological polar surface area (TPSA) is 29.1 Å². The van der Waals surface area contributed by atoms with E-state index in [0.29, 0.717) is 12.1 Å². The van der Waals surface area contributed by atoms with Crippen LogP contribution < -0.4 is 5.32 Å². The van der Waals surface area contributed by atoms with Crippen molar-refractivity contribution in [1.82, 2.24) is 5.32 Å². The fourth-order valence-electron chi connectivity index (χ4n) is 1.51. The van der Waals surface area contributed by atoms with E-state index in [1.165, 1.54) is 5.56 Å². The van der Waals surface area contributed by atoms with Crippen LogP contribution in [-0.4, -0.2) is 12.5 Å². The lowest BCUT2D eigenvalue weighted by Gasteiger charge is -2.19. The van der Waals surface area contributed by atoms with Gasteiger partial charge in [-0.1, -0.05) is 39.0 Å². The second-order valence-electron chi connectivity index (χ2n) is 5.16. The fourth-order valence-corrected chi connectivity index (χ4v) is 1.51. The van der Waals surface area contributed by atoms with E-state index in [1.807, 2.05) is 24.3 Å². The van der Waals surface area contributed by atoms with E-state index in [9.17, 15) is 4.79 Å². The zero-order chi connectivity index (χ0) is 12.9. The van der Waals surface area contributed by atoms with Crippen LogP contribution >= 0.6 is 0 Å². The maximum atomic E-state index is 11.7. The molecule has 0 spiro atoms. The SMILES string of the molecule is C=CCCNC(=O)c1ccc(C(C)(C)C)cc1. The predicted molar refractivity (Wildman–Crippen MR) is 72.3 cm³/mol. The Balaban J connectivity index is 2.67. The number of carbonyl (C=O) groups excluding carboxylic acids is 1. The van der Waals surface area contributed by atoms with Crippen LogP contribution in [0.4, 0.5) is 0 Å². The lowest BCUT2D eigenvalue weighted by Crippen LogP contribution is -2.24. The molecule has 0 fully saturated rings. The van der Waals surface area contributed by atoms with Gasteiger partial charge in [-0.3, -0.25) is 4.79 Å². The molecule has 0 aromatic heterocycles. The molecule has 1 rings (SSSR count). The minimum Gasteiger partial charge on any atom is -0.352 e. The van der Waals surface area contributed by atoms with Gasteiger partial charge < -0.3 is 5.32 Å². The van der Waals surface area contributed by atoms with Crippen LogP contribution in [0.1, 0.15) is 43.1 Å². The molecule has 17 heavy (non-hydrogen) atoms. The van der Waals surface area contributed by atoms with Crippen LogP contribution in [0, 0.1) is 0 Å². The third-order valence-electron chi connectivity index (χ3n) is 2.65. The number of hydrogen-bond donors (Lipinski definition) is 1. The molecule has 0 unspecified atom stereocenters. The van der Waals surface area contributed by atoms with E-state index < -0.39 is 0 Å². The molecule has 0 saturated carbocycles. The zero-order valence-corrected chi connectivity index (χ0v) is 10.9. The first-order chi connectivity index (χ1) is 7.95. The third kappa shape index (κ3) is 4.06. The average Bonchev–Trinajstić information content (AvgIpc) is 2.28. The molecule has 0 aliphatic carbocycles. The summed E-state index contributed by atoms with van der Waals surface area (Å²) in [5.74, 6) is -0.0210. The van der Waals surface area contributed by atoms with Crippen LogP contribution in [0.5, 0.6) is 0 Å². The quantitative estimate of drug-likeness (QED) is 0.625. The molecule has 2 heteroatoms. The number of hydrogen-bond acceptors (Lipinski definition) is 1. The average molecular weight is 231 g/mol. The van der Waals surface area contributed by atoms with Crippen molar-refractivity contribution in [3.05, 3.63) is 48.0 Å². The number of rotatable bonds is 4. The molecule has 0 aliphatic rings. The van der Waals surface area contributed by atoms with Crippen molar-refractivity contribution >= 4 is 5.91 Å². The Bertz CT molecular complexity index is 384. The second kappa shape index (κ2) is 5.67.